The fraction of sp³-hybridized carbons (Fsp3) is 0.562. The fourth-order valence-corrected chi connectivity index (χ4v) is 2.99. The van der Waals surface area contributed by atoms with E-state index in [1.165, 1.54) is 18.2 Å². The van der Waals surface area contributed by atoms with Gasteiger partial charge in [-0.2, -0.15) is 0 Å². The van der Waals surface area contributed by atoms with Gasteiger partial charge in [-0.05, 0) is 56.0 Å². The smallest absolute Gasteiger partial charge is 0.335 e. The summed E-state index contributed by atoms with van der Waals surface area (Å²) in [7, 11) is -3.84. The molecule has 1 unspecified atom stereocenters. The van der Waals surface area contributed by atoms with Gasteiger partial charge in [-0.25, -0.2) is 18.4 Å². The number of carboxylic acids is 1. The summed E-state index contributed by atoms with van der Waals surface area (Å²) in [6.45, 7) is 5.13. The lowest BCUT2D eigenvalue weighted by atomic mass is 9.99. The Bertz CT molecular complexity index is 629. The van der Waals surface area contributed by atoms with Crippen LogP contribution in [0.25, 0.3) is 0 Å². The molecule has 0 aromatic heterocycles. The van der Waals surface area contributed by atoms with Crippen LogP contribution in [0.5, 0.6) is 0 Å². The van der Waals surface area contributed by atoms with Gasteiger partial charge in [0.15, 0.2) is 0 Å². The summed E-state index contributed by atoms with van der Waals surface area (Å²) in [5.74, 6) is -1.06. The van der Waals surface area contributed by atoms with Gasteiger partial charge in [0.05, 0.1) is 10.5 Å². The maximum atomic E-state index is 11.5. The van der Waals surface area contributed by atoms with Crippen molar-refractivity contribution in [2.45, 2.75) is 56.9 Å². The van der Waals surface area contributed by atoms with Crippen LogP contribution in [0.1, 0.15) is 55.5 Å². The second-order valence-electron chi connectivity index (χ2n) is 5.62. The largest absolute Gasteiger partial charge is 0.478 e. The van der Waals surface area contributed by atoms with Gasteiger partial charge in [0.1, 0.15) is 0 Å². The van der Waals surface area contributed by atoms with E-state index < -0.39 is 16.0 Å². The number of carbonyl (C=O) groups is 1. The van der Waals surface area contributed by atoms with Crippen molar-refractivity contribution in [1.29, 1.82) is 0 Å². The minimum Gasteiger partial charge on any atom is -0.478 e. The van der Waals surface area contributed by atoms with E-state index in [2.05, 4.69) is 19.2 Å². The molecule has 7 heteroatoms. The van der Waals surface area contributed by atoms with E-state index in [0.29, 0.717) is 12.0 Å². The second-order valence-corrected chi connectivity index (χ2v) is 7.18. The molecule has 1 rings (SSSR count). The van der Waals surface area contributed by atoms with Crippen LogP contribution < -0.4 is 10.5 Å². The third kappa shape index (κ3) is 6.29. The van der Waals surface area contributed by atoms with E-state index in [-0.39, 0.29) is 16.5 Å². The van der Waals surface area contributed by atoms with Gasteiger partial charge in [0.25, 0.3) is 0 Å². The molecular formula is C16H26N2O4S. The molecule has 4 N–H and O–H groups in total. The molecule has 0 bridgehead atoms. The first-order chi connectivity index (χ1) is 10.8. The zero-order chi connectivity index (χ0) is 17.5. The van der Waals surface area contributed by atoms with Crippen molar-refractivity contribution in [3.8, 4) is 0 Å². The monoisotopic (exact) mass is 342 g/mol. The summed E-state index contributed by atoms with van der Waals surface area (Å²) in [6.07, 6.45) is 4.37. The molecule has 0 radical (unpaired) electrons. The van der Waals surface area contributed by atoms with E-state index in [1.807, 2.05) is 0 Å². The Labute approximate surface area is 138 Å². The van der Waals surface area contributed by atoms with Crippen molar-refractivity contribution < 1.29 is 18.3 Å². The lowest BCUT2D eigenvalue weighted by molar-refractivity contribution is 0.0695. The molecule has 23 heavy (non-hydrogen) atoms. The number of hydrogen-bond acceptors (Lipinski definition) is 4. The zero-order valence-electron chi connectivity index (χ0n) is 13.7. The van der Waals surface area contributed by atoms with E-state index >= 15 is 0 Å². The number of rotatable bonds is 10. The first-order valence-electron chi connectivity index (χ1n) is 7.92. The quantitative estimate of drug-likeness (QED) is 0.564. The average Bonchev–Trinajstić information content (AvgIpc) is 2.49. The lowest BCUT2D eigenvalue weighted by Gasteiger charge is -2.17. The van der Waals surface area contributed by atoms with Crippen molar-refractivity contribution in [3.63, 3.8) is 0 Å². The third-order valence-corrected chi connectivity index (χ3v) is 4.76. The fourth-order valence-electron chi connectivity index (χ4n) is 2.43. The minimum atomic E-state index is -3.84. The molecule has 1 aromatic rings. The summed E-state index contributed by atoms with van der Waals surface area (Å²) in [5.41, 5.74) is 0.626. The highest BCUT2D eigenvalue weighted by Gasteiger charge is 2.16. The number of sulfonamides is 1. The van der Waals surface area contributed by atoms with Crippen LogP contribution in [0.2, 0.25) is 0 Å². The molecule has 0 saturated heterocycles. The van der Waals surface area contributed by atoms with Crippen molar-refractivity contribution >= 4 is 16.0 Å². The van der Waals surface area contributed by atoms with Crippen LogP contribution in [0.15, 0.2) is 23.1 Å². The molecule has 0 heterocycles. The molecular weight excluding hydrogens is 316 g/mol. The first-order valence-corrected chi connectivity index (χ1v) is 9.46. The van der Waals surface area contributed by atoms with Crippen LogP contribution in [-0.2, 0) is 16.4 Å². The van der Waals surface area contributed by atoms with E-state index in [0.717, 1.165) is 32.2 Å². The lowest BCUT2D eigenvalue weighted by Crippen LogP contribution is -2.30. The average molecular weight is 342 g/mol. The molecule has 1 aromatic carbocycles. The number of hydrogen-bond donors (Lipinski definition) is 3. The van der Waals surface area contributed by atoms with E-state index in [4.69, 9.17) is 5.14 Å². The number of nitrogens with one attached hydrogen (secondary N) is 1. The predicted molar refractivity (Wildman–Crippen MR) is 90.1 cm³/mol. The summed E-state index contributed by atoms with van der Waals surface area (Å²) in [6, 6.07) is 4.20. The maximum absolute atomic E-state index is 11.5. The van der Waals surface area contributed by atoms with Gasteiger partial charge in [-0.3, -0.25) is 0 Å². The third-order valence-electron chi connectivity index (χ3n) is 3.85. The molecule has 0 aliphatic carbocycles. The highest BCUT2D eigenvalue weighted by atomic mass is 32.2. The molecule has 0 fully saturated rings. The Balaban J connectivity index is 2.89. The van der Waals surface area contributed by atoms with E-state index in [9.17, 15) is 18.3 Å². The molecule has 0 aliphatic rings. The molecule has 130 valence electrons. The summed E-state index contributed by atoms with van der Waals surface area (Å²) in [4.78, 5) is 11.3. The van der Waals surface area contributed by atoms with Gasteiger partial charge in [0.2, 0.25) is 10.0 Å². The van der Waals surface area contributed by atoms with Gasteiger partial charge >= 0.3 is 5.97 Å². The van der Waals surface area contributed by atoms with Crippen LogP contribution in [0, 0.1) is 0 Å². The minimum absolute atomic E-state index is 0.0514. The molecule has 6 nitrogen and oxygen atoms in total. The number of aryl methyl sites for hydroxylation is 1. The zero-order valence-corrected chi connectivity index (χ0v) is 14.5. The Kier molecular flexibility index (Phi) is 7.67. The molecule has 0 aliphatic heterocycles. The topological polar surface area (TPSA) is 109 Å². The highest BCUT2D eigenvalue weighted by molar-refractivity contribution is 7.89. The number of benzene rings is 1. The Morgan fingerprint density at radius 3 is 2.57 bits per heavy atom. The van der Waals surface area contributed by atoms with Gasteiger partial charge in [0, 0.05) is 6.04 Å². The Morgan fingerprint density at radius 2 is 2.04 bits per heavy atom. The molecule has 0 saturated carbocycles. The van der Waals surface area contributed by atoms with Crippen molar-refractivity contribution in [2.24, 2.45) is 5.14 Å². The van der Waals surface area contributed by atoms with Gasteiger partial charge in [-0.1, -0.05) is 20.3 Å². The Hall–Kier alpha value is -1.44. The summed E-state index contributed by atoms with van der Waals surface area (Å²) in [5, 5.41) is 17.8. The predicted octanol–water partition coefficient (Wildman–Crippen LogP) is 2.13. The van der Waals surface area contributed by atoms with Crippen LogP contribution >= 0.6 is 0 Å². The van der Waals surface area contributed by atoms with Crippen LogP contribution in [0.3, 0.4) is 0 Å². The van der Waals surface area contributed by atoms with Crippen LogP contribution in [0.4, 0.5) is 0 Å². The van der Waals surface area contributed by atoms with Gasteiger partial charge in [-0.15, -0.1) is 0 Å². The van der Waals surface area contributed by atoms with Gasteiger partial charge < -0.3 is 10.4 Å². The number of aromatic carboxylic acids is 1. The van der Waals surface area contributed by atoms with Crippen molar-refractivity contribution in [2.75, 3.05) is 6.54 Å². The maximum Gasteiger partial charge on any atom is 0.335 e. The first kappa shape index (κ1) is 19.6. The summed E-state index contributed by atoms with van der Waals surface area (Å²) < 4.78 is 22.9. The standard InChI is InChI=1S/C16H26N2O4S/c1-3-5-10-18-13(4-2)7-6-12-11-14(23(17,21)22)8-9-15(12)16(19)20/h8-9,11,13,18H,3-7,10H2,1-2H3,(H,19,20)(H2,17,21,22). The summed E-state index contributed by atoms with van der Waals surface area (Å²) >= 11 is 0. The number of carboxylic acid groups (broad SMARTS) is 1. The van der Waals surface area contributed by atoms with E-state index in [1.54, 1.807) is 0 Å². The van der Waals surface area contributed by atoms with Crippen LogP contribution in [-0.4, -0.2) is 32.1 Å². The molecule has 0 amide bonds. The van der Waals surface area contributed by atoms with Crippen molar-refractivity contribution in [3.05, 3.63) is 29.3 Å². The number of primary sulfonamides is 1. The normalized spacial score (nSPS) is 13.0. The molecule has 1 atom stereocenters. The highest BCUT2D eigenvalue weighted by Crippen LogP contribution is 2.18. The Morgan fingerprint density at radius 1 is 1.35 bits per heavy atom. The number of nitrogens with two attached hydrogens (primary N) is 1. The second kappa shape index (κ2) is 9.00. The SMILES string of the molecule is CCCCNC(CC)CCc1cc(S(N)(=O)=O)ccc1C(=O)O. The number of unbranched alkanes of at least 4 members (excludes halogenated alkanes) is 1. The molecule has 0 spiro atoms. The van der Waals surface area contributed by atoms with Crippen molar-refractivity contribution in [1.82, 2.24) is 5.32 Å².